The molecule has 0 aliphatic rings. The van der Waals surface area contributed by atoms with Gasteiger partial charge in [0.25, 0.3) is 0 Å². The summed E-state index contributed by atoms with van der Waals surface area (Å²) in [6.07, 6.45) is -3.40. The van der Waals surface area contributed by atoms with Crippen LogP contribution in [0.15, 0.2) is 60.7 Å². The lowest BCUT2D eigenvalue weighted by Crippen LogP contribution is -2.19. The summed E-state index contributed by atoms with van der Waals surface area (Å²) < 4.78 is 98.2. The minimum absolute atomic E-state index is 0.191. The number of benzene rings is 4. The van der Waals surface area contributed by atoms with Crippen molar-refractivity contribution in [2.75, 3.05) is 0 Å². The van der Waals surface area contributed by atoms with Gasteiger partial charge in [0.15, 0.2) is 11.6 Å². The lowest BCUT2D eigenvalue weighted by atomic mass is 9.96. The molecule has 4 aromatic carbocycles. The van der Waals surface area contributed by atoms with Crippen molar-refractivity contribution in [3.8, 4) is 28.0 Å². The average Bonchev–Trinajstić information content (AvgIpc) is 2.75. The number of halogens is 7. The molecule has 0 saturated carbocycles. The maximum atomic E-state index is 14.9. The third-order valence-corrected chi connectivity index (χ3v) is 5.32. The quantitative estimate of drug-likeness (QED) is 0.261. The van der Waals surface area contributed by atoms with Crippen LogP contribution in [-0.2, 0) is 6.42 Å². The molecule has 8 heteroatoms. The van der Waals surface area contributed by atoms with Crippen molar-refractivity contribution < 1.29 is 35.5 Å². The fraction of sp³-hybridized carbons (Fsp3) is 0.154. The van der Waals surface area contributed by atoms with Gasteiger partial charge in [-0.25, -0.2) is 17.6 Å². The maximum Gasteiger partial charge on any atom is 0.573 e. The Bertz CT molecular complexity index is 1330. The number of rotatable bonds is 5. The molecular weight excluding hydrogens is 461 g/mol. The Morgan fingerprint density at radius 3 is 1.79 bits per heavy atom. The zero-order chi connectivity index (χ0) is 24.6. The van der Waals surface area contributed by atoms with Gasteiger partial charge in [0.2, 0.25) is 5.75 Å². The van der Waals surface area contributed by atoms with Gasteiger partial charge in [0, 0.05) is 0 Å². The van der Waals surface area contributed by atoms with E-state index in [1.165, 1.54) is 5.56 Å². The Hall–Kier alpha value is -3.55. The predicted molar refractivity (Wildman–Crippen MR) is 115 cm³/mol. The molecule has 0 aliphatic carbocycles. The Labute approximate surface area is 190 Å². The first kappa shape index (κ1) is 23.6. The summed E-state index contributed by atoms with van der Waals surface area (Å²) in [5.41, 5.74) is 0.510. The number of hydrogen-bond donors (Lipinski definition) is 0. The second-order valence-electron chi connectivity index (χ2n) is 7.78. The number of fused-ring (bicyclic) bond motifs is 1. The first-order valence-corrected chi connectivity index (χ1v) is 10.3. The van der Waals surface area contributed by atoms with E-state index in [0.29, 0.717) is 17.7 Å². The number of hydrogen-bond acceptors (Lipinski definition) is 1. The molecule has 176 valence electrons. The third-order valence-electron chi connectivity index (χ3n) is 5.32. The van der Waals surface area contributed by atoms with Crippen molar-refractivity contribution in [2.24, 2.45) is 0 Å². The Morgan fingerprint density at radius 2 is 1.21 bits per heavy atom. The van der Waals surface area contributed by atoms with Crippen molar-refractivity contribution in [2.45, 2.75) is 26.1 Å². The van der Waals surface area contributed by atoms with E-state index in [2.05, 4.69) is 11.7 Å². The molecule has 0 radical (unpaired) electrons. The molecule has 0 aromatic heterocycles. The average molecular weight is 478 g/mol. The molecule has 0 N–H and O–H groups in total. The van der Waals surface area contributed by atoms with Crippen LogP contribution in [0.2, 0.25) is 0 Å². The smallest absolute Gasteiger partial charge is 0.399 e. The van der Waals surface area contributed by atoms with Crippen LogP contribution in [0, 0.1) is 23.3 Å². The van der Waals surface area contributed by atoms with Gasteiger partial charge in [-0.15, -0.1) is 13.2 Å². The molecule has 0 amide bonds. The first-order valence-electron chi connectivity index (χ1n) is 10.3. The maximum absolute atomic E-state index is 14.9. The first-order chi connectivity index (χ1) is 16.1. The third kappa shape index (κ3) is 4.85. The molecule has 1 nitrogen and oxygen atoms in total. The summed E-state index contributed by atoms with van der Waals surface area (Å²) in [6.45, 7) is 2.08. The number of alkyl halides is 3. The summed E-state index contributed by atoms with van der Waals surface area (Å²) in [5.74, 6) is -7.44. The molecular formula is C26H17F7O. The molecule has 0 saturated heterocycles. The highest BCUT2D eigenvalue weighted by Crippen LogP contribution is 2.36. The molecule has 0 atom stereocenters. The molecule has 4 rings (SSSR count). The van der Waals surface area contributed by atoms with Crippen molar-refractivity contribution in [3.63, 3.8) is 0 Å². The van der Waals surface area contributed by atoms with Crippen LogP contribution in [0.5, 0.6) is 5.75 Å². The Kier molecular flexibility index (Phi) is 6.25. The summed E-state index contributed by atoms with van der Waals surface area (Å²) in [6, 6.07) is 14.0. The lowest BCUT2D eigenvalue weighted by Gasteiger charge is -2.13. The van der Waals surface area contributed by atoms with Crippen LogP contribution in [0.25, 0.3) is 33.0 Å². The molecule has 0 bridgehead atoms. The molecule has 0 unspecified atom stereocenters. The number of aryl methyl sites for hydroxylation is 1. The molecule has 4 aromatic rings. The molecule has 0 fully saturated rings. The lowest BCUT2D eigenvalue weighted by molar-refractivity contribution is -0.276. The van der Waals surface area contributed by atoms with Crippen molar-refractivity contribution in [1.82, 2.24) is 0 Å². The van der Waals surface area contributed by atoms with E-state index >= 15 is 0 Å². The van der Waals surface area contributed by atoms with Crippen LogP contribution < -0.4 is 4.74 Å². The minimum atomic E-state index is -5.33. The van der Waals surface area contributed by atoms with Gasteiger partial charge >= 0.3 is 6.36 Å². The largest absolute Gasteiger partial charge is 0.573 e. The minimum Gasteiger partial charge on any atom is -0.399 e. The highest BCUT2D eigenvalue weighted by molar-refractivity contribution is 5.88. The van der Waals surface area contributed by atoms with E-state index in [-0.39, 0.29) is 5.56 Å². The zero-order valence-electron chi connectivity index (χ0n) is 17.7. The summed E-state index contributed by atoms with van der Waals surface area (Å²) >= 11 is 0. The second kappa shape index (κ2) is 9.00. The normalized spacial score (nSPS) is 11.8. The molecule has 34 heavy (non-hydrogen) atoms. The van der Waals surface area contributed by atoms with Crippen molar-refractivity contribution in [3.05, 3.63) is 89.5 Å². The van der Waals surface area contributed by atoms with Crippen LogP contribution in [0.4, 0.5) is 30.7 Å². The van der Waals surface area contributed by atoms with Crippen molar-refractivity contribution in [1.29, 1.82) is 0 Å². The van der Waals surface area contributed by atoms with E-state index in [9.17, 15) is 30.7 Å². The monoisotopic (exact) mass is 478 g/mol. The molecule has 0 heterocycles. The van der Waals surface area contributed by atoms with E-state index in [1.54, 1.807) is 12.1 Å². The highest BCUT2D eigenvalue weighted by Gasteiger charge is 2.34. The topological polar surface area (TPSA) is 9.23 Å². The van der Waals surface area contributed by atoms with Gasteiger partial charge in [-0.1, -0.05) is 43.7 Å². The van der Waals surface area contributed by atoms with Crippen molar-refractivity contribution >= 4 is 10.8 Å². The van der Waals surface area contributed by atoms with Crippen LogP contribution in [-0.4, -0.2) is 6.36 Å². The summed E-state index contributed by atoms with van der Waals surface area (Å²) in [5, 5.41) is 1.84. The van der Waals surface area contributed by atoms with E-state index in [4.69, 9.17) is 0 Å². The second-order valence-corrected chi connectivity index (χ2v) is 7.78. The highest BCUT2D eigenvalue weighted by atomic mass is 19.4. The van der Waals surface area contributed by atoms with Gasteiger partial charge in [-0.05, 0) is 69.8 Å². The van der Waals surface area contributed by atoms with E-state index in [1.807, 2.05) is 24.3 Å². The fourth-order valence-corrected chi connectivity index (χ4v) is 3.85. The summed E-state index contributed by atoms with van der Waals surface area (Å²) in [4.78, 5) is 0. The SMILES string of the molecule is CCCc1ccc2cc(-c3cc(F)c(-c4cc(F)c(OC(F)(F)F)c(F)c4)c(F)c3)ccc2c1. The van der Waals surface area contributed by atoms with Gasteiger partial charge < -0.3 is 4.74 Å². The van der Waals surface area contributed by atoms with E-state index < -0.39 is 46.5 Å². The predicted octanol–water partition coefficient (Wildman–Crippen LogP) is 8.58. The Balaban J connectivity index is 1.72. The Morgan fingerprint density at radius 1 is 0.647 bits per heavy atom. The molecule has 0 spiro atoms. The summed E-state index contributed by atoms with van der Waals surface area (Å²) in [7, 11) is 0. The van der Waals surface area contributed by atoms with E-state index in [0.717, 1.165) is 35.7 Å². The van der Waals surface area contributed by atoms with Crippen LogP contribution in [0.1, 0.15) is 18.9 Å². The van der Waals surface area contributed by atoms with Gasteiger partial charge in [-0.3, -0.25) is 0 Å². The van der Waals surface area contributed by atoms with Gasteiger partial charge in [-0.2, -0.15) is 0 Å². The fourth-order valence-electron chi connectivity index (χ4n) is 3.85. The van der Waals surface area contributed by atoms with Crippen LogP contribution in [0.3, 0.4) is 0 Å². The van der Waals surface area contributed by atoms with Crippen LogP contribution >= 0.6 is 0 Å². The standard InChI is InChI=1S/C26H17F7O/c1-2-3-14-4-5-16-9-17(7-6-15(16)8-14)18-10-20(27)24(21(28)11-18)19-12-22(29)25(23(30)13-19)34-26(31,32)33/h4-13H,2-3H2,1H3. The zero-order valence-corrected chi connectivity index (χ0v) is 17.7. The van der Waals surface area contributed by atoms with Gasteiger partial charge in [0.1, 0.15) is 11.6 Å². The van der Waals surface area contributed by atoms with Gasteiger partial charge in [0.05, 0.1) is 5.56 Å². The number of ether oxygens (including phenoxy) is 1. The molecule has 0 aliphatic heterocycles.